The van der Waals surface area contributed by atoms with Gasteiger partial charge in [0.15, 0.2) is 0 Å². The highest BCUT2D eigenvalue weighted by Crippen LogP contribution is 2.33. The molecule has 34 heavy (non-hydrogen) atoms. The molecule has 4 aromatic rings. The van der Waals surface area contributed by atoms with E-state index < -0.39 is 0 Å². The maximum atomic E-state index is 13.3. The van der Waals surface area contributed by atoms with Crippen LogP contribution >= 0.6 is 24.0 Å². The van der Waals surface area contributed by atoms with E-state index in [1.807, 2.05) is 42.5 Å². The first kappa shape index (κ1) is 22.1. The summed E-state index contributed by atoms with van der Waals surface area (Å²) in [6.07, 6.45) is 5.52. The van der Waals surface area contributed by atoms with Crippen molar-refractivity contribution in [1.29, 1.82) is 0 Å². The van der Waals surface area contributed by atoms with Crippen LogP contribution in [-0.2, 0) is 17.8 Å². The van der Waals surface area contributed by atoms with Gasteiger partial charge in [-0.2, -0.15) is 0 Å². The number of thioether (sulfide) groups is 1. The van der Waals surface area contributed by atoms with E-state index in [0.717, 1.165) is 5.56 Å². The van der Waals surface area contributed by atoms with Crippen LogP contribution in [0.25, 0.3) is 11.7 Å². The molecule has 9 heteroatoms. The number of aromatic nitrogens is 2. The fraction of sp³-hybridized carbons (Fsp3) is 0.120. The second kappa shape index (κ2) is 9.66. The smallest absolute Gasteiger partial charge is 0.267 e. The number of nitrogens with zero attached hydrogens (tertiary/aromatic N) is 3. The van der Waals surface area contributed by atoms with Crippen LogP contribution in [0.4, 0.5) is 5.82 Å². The lowest BCUT2D eigenvalue weighted by molar-refractivity contribution is -0.122. The molecule has 1 aliphatic heterocycles. The number of furan rings is 1. The number of nitrogens with one attached hydrogen (secondary N) is 1. The third-order valence-electron chi connectivity index (χ3n) is 5.40. The molecule has 1 fully saturated rings. The number of amides is 1. The Morgan fingerprint density at radius 2 is 1.88 bits per heavy atom. The number of pyridine rings is 1. The molecule has 0 atom stereocenters. The van der Waals surface area contributed by atoms with Gasteiger partial charge in [-0.05, 0) is 42.3 Å². The summed E-state index contributed by atoms with van der Waals surface area (Å²) in [6, 6.07) is 18.9. The molecule has 0 bridgehead atoms. The van der Waals surface area contributed by atoms with Crippen molar-refractivity contribution in [2.24, 2.45) is 0 Å². The van der Waals surface area contributed by atoms with Crippen LogP contribution in [0.5, 0.6) is 0 Å². The molecule has 0 radical (unpaired) electrons. The predicted molar refractivity (Wildman–Crippen MR) is 138 cm³/mol. The van der Waals surface area contributed by atoms with E-state index in [0.29, 0.717) is 51.5 Å². The molecule has 3 aromatic heterocycles. The molecule has 0 saturated carbocycles. The standard InChI is InChI=1S/C25H20N4O3S2/c30-23-19(15-20-24(31)29(25(33)34-20)13-11-17-7-2-1-3-8-17)22(26-16-18-9-6-14-32-18)27-21-10-4-5-12-28(21)23/h1-10,12,14-15,26H,11,13,16H2/b20-15+. The Bertz CT molecular complexity index is 1450. The van der Waals surface area contributed by atoms with E-state index in [9.17, 15) is 9.59 Å². The fourth-order valence-electron chi connectivity index (χ4n) is 3.66. The van der Waals surface area contributed by atoms with Crippen molar-refractivity contribution < 1.29 is 9.21 Å². The highest BCUT2D eigenvalue weighted by Gasteiger charge is 2.32. The Labute approximate surface area is 205 Å². The number of hydrogen-bond acceptors (Lipinski definition) is 7. The first-order valence-electron chi connectivity index (χ1n) is 10.7. The molecule has 0 spiro atoms. The molecule has 1 N–H and O–H groups in total. The average molecular weight is 489 g/mol. The second-order valence-electron chi connectivity index (χ2n) is 7.61. The average Bonchev–Trinajstić information content (AvgIpc) is 3.47. The first-order chi connectivity index (χ1) is 16.6. The molecule has 7 nitrogen and oxygen atoms in total. The minimum Gasteiger partial charge on any atom is -0.467 e. The zero-order valence-electron chi connectivity index (χ0n) is 18.0. The van der Waals surface area contributed by atoms with E-state index in [-0.39, 0.29) is 11.5 Å². The maximum absolute atomic E-state index is 13.3. The summed E-state index contributed by atoms with van der Waals surface area (Å²) in [5.74, 6) is 0.871. The van der Waals surface area contributed by atoms with Gasteiger partial charge < -0.3 is 9.73 Å². The summed E-state index contributed by atoms with van der Waals surface area (Å²) in [4.78, 5) is 33.1. The van der Waals surface area contributed by atoms with Crippen LogP contribution in [0.3, 0.4) is 0 Å². The molecule has 0 aliphatic carbocycles. The SMILES string of the molecule is O=C1/C(=C\c2c(NCc3ccco3)nc3ccccn3c2=O)SC(=S)N1CCc1ccccc1. The predicted octanol–water partition coefficient (Wildman–Crippen LogP) is 4.34. The Morgan fingerprint density at radius 3 is 2.68 bits per heavy atom. The van der Waals surface area contributed by atoms with Crippen LogP contribution in [-0.4, -0.2) is 31.1 Å². The van der Waals surface area contributed by atoms with Crippen LogP contribution < -0.4 is 10.9 Å². The molecule has 0 unspecified atom stereocenters. The summed E-state index contributed by atoms with van der Waals surface area (Å²) < 4.78 is 7.32. The Morgan fingerprint density at radius 1 is 1.06 bits per heavy atom. The highest BCUT2D eigenvalue weighted by molar-refractivity contribution is 8.26. The number of rotatable bonds is 7. The molecule has 170 valence electrons. The first-order valence-corrected chi connectivity index (χ1v) is 11.9. The van der Waals surface area contributed by atoms with Gasteiger partial charge in [0.2, 0.25) is 0 Å². The highest BCUT2D eigenvalue weighted by atomic mass is 32.2. The number of anilines is 1. The summed E-state index contributed by atoms with van der Waals surface area (Å²) >= 11 is 6.67. The number of carbonyl (C=O) groups excluding carboxylic acids is 1. The molecule has 1 saturated heterocycles. The van der Waals surface area contributed by atoms with Crippen LogP contribution in [0, 0.1) is 0 Å². The molecular weight excluding hydrogens is 468 g/mol. The van der Waals surface area contributed by atoms with Gasteiger partial charge in [-0.1, -0.05) is 60.4 Å². The lowest BCUT2D eigenvalue weighted by atomic mass is 10.1. The molecule has 1 aromatic carbocycles. The van der Waals surface area contributed by atoms with E-state index in [1.165, 1.54) is 16.2 Å². The molecule has 1 amide bonds. The second-order valence-corrected chi connectivity index (χ2v) is 9.29. The van der Waals surface area contributed by atoms with Gasteiger partial charge in [0, 0.05) is 12.7 Å². The summed E-state index contributed by atoms with van der Waals surface area (Å²) in [7, 11) is 0. The zero-order chi connectivity index (χ0) is 23.5. The van der Waals surface area contributed by atoms with E-state index in [1.54, 1.807) is 41.6 Å². The van der Waals surface area contributed by atoms with Crippen LogP contribution in [0.15, 0.2) is 87.2 Å². The summed E-state index contributed by atoms with van der Waals surface area (Å²) in [6.45, 7) is 0.825. The normalized spacial score (nSPS) is 14.9. The maximum Gasteiger partial charge on any atom is 0.267 e. The Hall–Kier alpha value is -3.69. The Balaban J connectivity index is 1.46. The van der Waals surface area contributed by atoms with Gasteiger partial charge in [-0.3, -0.25) is 18.9 Å². The summed E-state index contributed by atoms with van der Waals surface area (Å²) in [5, 5.41) is 3.18. The van der Waals surface area contributed by atoms with Gasteiger partial charge in [0.1, 0.15) is 21.5 Å². The third-order valence-corrected chi connectivity index (χ3v) is 6.77. The number of hydrogen-bond donors (Lipinski definition) is 1. The van der Waals surface area contributed by atoms with Gasteiger partial charge in [-0.25, -0.2) is 4.98 Å². The van der Waals surface area contributed by atoms with Crippen molar-refractivity contribution in [3.05, 3.63) is 105 Å². The van der Waals surface area contributed by atoms with Crippen LogP contribution in [0.1, 0.15) is 16.9 Å². The largest absolute Gasteiger partial charge is 0.467 e. The van der Waals surface area contributed by atoms with E-state index in [4.69, 9.17) is 16.6 Å². The van der Waals surface area contributed by atoms with E-state index >= 15 is 0 Å². The van der Waals surface area contributed by atoms with Gasteiger partial charge in [0.25, 0.3) is 11.5 Å². The van der Waals surface area contributed by atoms with Crippen molar-refractivity contribution in [2.45, 2.75) is 13.0 Å². The zero-order valence-corrected chi connectivity index (χ0v) is 19.6. The number of benzene rings is 1. The quantitative estimate of drug-likeness (QED) is 0.306. The van der Waals surface area contributed by atoms with E-state index in [2.05, 4.69) is 10.3 Å². The lowest BCUT2D eigenvalue weighted by Gasteiger charge is -2.14. The van der Waals surface area contributed by atoms with Gasteiger partial charge in [-0.15, -0.1) is 0 Å². The van der Waals surface area contributed by atoms with Crippen molar-refractivity contribution in [3.8, 4) is 0 Å². The van der Waals surface area contributed by atoms with Crippen LogP contribution in [0.2, 0.25) is 0 Å². The summed E-state index contributed by atoms with van der Waals surface area (Å²) in [5.41, 5.74) is 1.64. The molecule has 4 heterocycles. The van der Waals surface area contributed by atoms with Crippen molar-refractivity contribution in [1.82, 2.24) is 14.3 Å². The Kier molecular flexibility index (Phi) is 6.29. The van der Waals surface area contributed by atoms with Crippen molar-refractivity contribution in [2.75, 3.05) is 11.9 Å². The van der Waals surface area contributed by atoms with Crippen molar-refractivity contribution >= 4 is 51.7 Å². The number of carbonyl (C=O) groups is 1. The fourth-order valence-corrected chi connectivity index (χ4v) is 4.95. The topological polar surface area (TPSA) is 79.9 Å². The number of fused-ring (bicyclic) bond motifs is 1. The minimum atomic E-state index is -0.276. The third kappa shape index (κ3) is 4.52. The van der Waals surface area contributed by atoms with Gasteiger partial charge >= 0.3 is 0 Å². The lowest BCUT2D eigenvalue weighted by Crippen LogP contribution is -2.30. The minimum absolute atomic E-state index is 0.208. The molecule has 1 aliphatic rings. The monoisotopic (exact) mass is 488 g/mol. The molecular formula is C25H20N4O3S2. The number of thiocarbonyl (C=S) groups is 1. The van der Waals surface area contributed by atoms with Gasteiger partial charge in [0.05, 0.1) is 23.3 Å². The van der Waals surface area contributed by atoms with Crippen molar-refractivity contribution in [3.63, 3.8) is 0 Å². The molecule has 5 rings (SSSR count).